The summed E-state index contributed by atoms with van der Waals surface area (Å²) in [5.74, 6) is 0. The molecular formula is C23H17NSSi. The Labute approximate surface area is 156 Å². The Morgan fingerprint density at radius 2 is 1.54 bits per heavy atom. The highest BCUT2D eigenvalue weighted by Gasteiger charge is 2.35. The SMILES string of the molecule is C[Si]1(C)c2cc3ccccc3nc2-c2cccc3sc4cccc1c4c23. The molecule has 1 aliphatic rings. The van der Waals surface area contributed by atoms with Crippen LogP contribution < -0.4 is 10.4 Å². The van der Waals surface area contributed by atoms with Crippen molar-refractivity contribution < 1.29 is 0 Å². The minimum absolute atomic E-state index is 1.09. The fourth-order valence-electron chi connectivity index (χ4n) is 4.53. The van der Waals surface area contributed by atoms with Crippen molar-refractivity contribution in [1.82, 2.24) is 4.98 Å². The van der Waals surface area contributed by atoms with E-state index in [9.17, 15) is 0 Å². The molecule has 2 aromatic heterocycles. The zero-order chi connectivity index (χ0) is 17.5. The highest BCUT2D eigenvalue weighted by molar-refractivity contribution is 7.26. The van der Waals surface area contributed by atoms with Crippen molar-refractivity contribution in [3.63, 3.8) is 0 Å². The number of para-hydroxylation sites is 1. The smallest absolute Gasteiger partial charge is 0.115 e. The van der Waals surface area contributed by atoms with Gasteiger partial charge in [0.25, 0.3) is 0 Å². The van der Waals surface area contributed by atoms with Gasteiger partial charge in [-0.05, 0) is 28.6 Å². The zero-order valence-corrected chi connectivity index (χ0v) is 16.5. The number of rotatable bonds is 0. The summed E-state index contributed by atoms with van der Waals surface area (Å²) in [5.41, 5.74) is 3.59. The van der Waals surface area contributed by atoms with Gasteiger partial charge in [-0.25, -0.2) is 4.98 Å². The van der Waals surface area contributed by atoms with Crippen molar-refractivity contribution in [3.8, 4) is 11.3 Å². The highest BCUT2D eigenvalue weighted by atomic mass is 32.1. The molecule has 0 saturated heterocycles. The molecule has 0 fully saturated rings. The van der Waals surface area contributed by atoms with Crippen LogP contribution in [0.5, 0.6) is 0 Å². The number of hydrogen-bond acceptors (Lipinski definition) is 2. The highest BCUT2D eigenvalue weighted by Crippen LogP contribution is 2.41. The second kappa shape index (κ2) is 4.81. The number of nitrogens with zero attached hydrogens (tertiary/aromatic N) is 1. The predicted octanol–water partition coefficient (Wildman–Crippen LogP) is 5.41. The van der Waals surface area contributed by atoms with E-state index in [2.05, 4.69) is 79.8 Å². The maximum Gasteiger partial charge on any atom is 0.115 e. The summed E-state index contributed by atoms with van der Waals surface area (Å²) in [6.07, 6.45) is 0. The van der Waals surface area contributed by atoms with Crippen molar-refractivity contribution in [2.45, 2.75) is 13.1 Å². The molecule has 0 N–H and O–H groups in total. The Morgan fingerprint density at radius 3 is 2.42 bits per heavy atom. The molecule has 3 heteroatoms. The second-order valence-electron chi connectivity index (χ2n) is 7.66. The first-order valence-electron chi connectivity index (χ1n) is 9.00. The third-order valence-electron chi connectivity index (χ3n) is 5.85. The van der Waals surface area contributed by atoms with Gasteiger partial charge in [0.2, 0.25) is 0 Å². The van der Waals surface area contributed by atoms with Crippen LogP contribution in [0, 0.1) is 0 Å². The van der Waals surface area contributed by atoms with Gasteiger partial charge in [-0.15, -0.1) is 11.3 Å². The minimum atomic E-state index is -1.87. The zero-order valence-electron chi connectivity index (χ0n) is 14.7. The molecule has 3 heterocycles. The lowest BCUT2D eigenvalue weighted by atomic mass is 10.0. The van der Waals surface area contributed by atoms with Crippen LogP contribution in [-0.2, 0) is 0 Å². The molecule has 0 amide bonds. The molecule has 5 aromatic rings. The number of pyridine rings is 1. The molecule has 6 rings (SSSR count). The normalized spacial score (nSPS) is 14.8. The standard InChI is InChI=1S/C23H17NSSi/c1-26(2)19-12-6-11-18-22(19)21-15(8-5-10-17(21)25-18)23-20(26)13-14-7-3-4-9-16(14)24-23/h3-13H,1-2H3. The molecule has 0 unspecified atom stereocenters. The lowest BCUT2D eigenvalue weighted by Crippen LogP contribution is -2.53. The molecule has 1 aliphatic heterocycles. The largest absolute Gasteiger partial charge is 0.248 e. The third-order valence-corrected chi connectivity index (χ3v) is 10.5. The fourth-order valence-corrected chi connectivity index (χ4v) is 8.76. The lowest BCUT2D eigenvalue weighted by Gasteiger charge is -2.25. The molecule has 0 aliphatic carbocycles. The Balaban J connectivity index is 1.92. The summed E-state index contributed by atoms with van der Waals surface area (Å²) in [6, 6.07) is 24.5. The molecule has 26 heavy (non-hydrogen) atoms. The van der Waals surface area contributed by atoms with Gasteiger partial charge in [0.05, 0.1) is 11.2 Å². The van der Waals surface area contributed by atoms with Gasteiger partial charge >= 0.3 is 0 Å². The Kier molecular flexibility index (Phi) is 2.71. The summed E-state index contributed by atoms with van der Waals surface area (Å²) in [4.78, 5) is 5.19. The molecule has 0 bridgehead atoms. The van der Waals surface area contributed by atoms with Gasteiger partial charge in [-0.2, -0.15) is 0 Å². The van der Waals surface area contributed by atoms with Gasteiger partial charge < -0.3 is 0 Å². The van der Waals surface area contributed by atoms with Gasteiger partial charge in [0.15, 0.2) is 0 Å². The second-order valence-corrected chi connectivity index (χ2v) is 13.1. The van der Waals surface area contributed by atoms with E-state index in [0.717, 1.165) is 5.52 Å². The maximum absolute atomic E-state index is 5.19. The van der Waals surface area contributed by atoms with Crippen LogP contribution in [0.1, 0.15) is 0 Å². The molecule has 0 radical (unpaired) electrons. The molecule has 0 atom stereocenters. The monoisotopic (exact) mass is 367 g/mol. The quantitative estimate of drug-likeness (QED) is 0.334. The van der Waals surface area contributed by atoms with Crippen LogP contribution in [0.25, 0.3) is 42.3 Å². The predicted molar refractivity (Wildman–Crippen MR) is 117 cm³/mol. The average Bonchev–Trinajstić information content (AvgIpc) is 3.02. The molecule has 3 aromatic carbocycles. The van der Waals surface area contributed by atoms with Gasteiger partial charge in [0, 0.05) is 31.1 Å². The Morgan fingerprint density at radius 1 is 0.769 bits per heavy atom. The summed E-state index contributed by atoms with van der Waals surface area (Å²) in [7, 11) is -1.87. The van der Waals surface area contributed by atoms with Gasteiger partial charge in [-0.1, -0.05) is 61.6 Å². The van der Waals surface area contributed by atoms with Gasteiger partial charge in [-0.3, -0.25) is 0 Å². The number of aromatic nitrogens is 1. The van der Waals surface area contributed by atoms with E-state index in [1.807, 2.05) is 11.3 Å². The summed E-state index contributed by atoms with van der Waals surface area (Å²) >= 11 is 1.91. The van der Waals surface area contributed by atoms with Crippen molar-refractivity contribution in [2.24, 2.45) is 0 Å². The van der Waals surface area contributed by atoms with E-state index in [1.54, 1.807) is 5.19 Å². The first kappa shape index (κ1) is 14.7. The first-order valence-corrected chi connectivity index (χ1v) is 12.8. The molecule has 0 saturated carbocycles. The first-order chi connectivity index (χ1) is 12.6. The van der Waals surface area contributed by atoms with Crippen molar-refractivity contribution in [2.75, 3.05) is 0 Å². The molecule has 0 spiro atoms. The van der Waals surface area contributed by atoms with Crippen LogP contribution in [0.15, 0.2) is 66.7 Å². The van der Waals surface area contributed by atoms with E-state index < -0.39 is 8.07 Å². The average molecular weight is 368 g/mol. The lowest BCUT2D eigenvalue weighted by molar-refractivity contribution is 1.42. The molecule has 1 nitrogen and oxygen atoms in total. The van der Waals surface area contributed by atoms with E-state index in [-0.39, 0.29) is 0 Å². The summed E-state index contributed by atoms with van der Waals surface area (Å²) in [6.45, 7) is 4.96. The number of benzene rings is 3. The van der Waals surface area contributed by atoms with E-state index in [1.165, 1.54) is 42.0 Å². The van der Waals surface area contributed by atoms with Crippen LogP contribution in [-0.4, -0.2) is 13.1 Å². The minimum Gasteiger partial charge on any atom is -0.248 e. The van der Waals surface area contributed by atoms with E-state index in [4.69, 9.17) is 4.98 Å². The number of fused-ring (bicyclic) bond motifs is 3. The van der Waals surface area contributed by atoms with E-state index in [0.29, 0.717) is 0 Å². The van der Waals surface area contributed by atoms with Crippen LogP contribution in [0.4, 0.5) is 0 Å². The van der Waals surface area contributed by atoms with Crippen molar-refractivity contribution in [1.29, 1.82) is 0 Å². The van der Waals surface area contributed by atoms with E-state index >= 15 is 0 Å². The number of hydrogen-bond donors (Lipinski definition) is 0. The van der Waals surface area contributed by atoms with Crippen LogP contribution >= 0.6 is 11.3 Å². The van der Waals surface area contributed by atoms with Crippen molar-refractivity contribution >= 4 is 60.9 Å². The van der Waals surface area contributed by atoms with Crippen molar-refractivity contribution in [3.05, 3.63) is 66.7 Å². The van der Waals surface area contributed by atoms with Gasteiger partial charge in [0.1, 0.15) is 8.07 Å². The Hall–Kier alpha value is -2.49. The Bertz CT molecular complexity index is 1360. The topological polar surface area (TPSA) is 12.9 Å². The third kappa shape index (κ3) is 1.72. The number of thiophene rings is 1. The summed E-state index contributed by atoms with van der Waals surface area (Å²) < 4.78 is 2.78. The van der Waals surface area contributed by atoms with Crippen LogP contribution in [0.2, 0.25) is 13.1 Å². The van der Waals surface area contributed by atoms with Crippen LogP contribution in [0.3, 0.4) is 0 Å². The maximum atomic E-state index is 5.19. The molecular weight excluding hydrogens is 350 g/mol. The fraction of sp³-hybridized carbons (Fsp3) is 0.0870. The molecule has 124 valence electrons. The summed E-state index contributed by atoms with van der Waals surface area (Å²) in [5, 5.41) is 7.13.